The third-order valence-corrected chi connectivity index (χ3v) is 4.94. The number of hydrogen-bond donors (Lipinski definition) is 0. The molecule has 2 heterocycles. The third-order valence-electron chi connectivity index (χ3n) is 4.94. The van der Waals surface area contributed by atoms with Crippen LogP contribution in [-0.4, -0.2) is 53.5 Å². The van der Waals surface area contributed by atoms with Crippen LogP contribution >= 0.6 is 0 Å². The molecule has 0 radical (unpaired) electrons. The third kappa shape index (κ3) is 5.87. The molecule has 26 heavy (non-hydrogen) atoms. The lowest BCUT2D eigenvalue weighted by molar-refractivity contribution is -0.143. The monoisotopic (exact) mass is 364 g/mol. The molecule has 0 saturated carbocycles. The molecule has 0 N–H and O–H groups in total. The van der Waals surface area contributed by atoms with Crippen molar-refractivity contribution < 1.29 is 18.7 Å². The molecular weight excluding hydrogens is 332 g/mol. The van der Waals surface area contributed by atoms with Crippen molar-refractivity contribution in [2.75, 3.05) is 19.7 Å². The molecule has 1 aromatic rings. The summed E-state index contributed by atoms with van der Waals surface area (Å²) in [5, 5.41) is 0. The molecule has 2 rings (SSSR count). The molecular formula is C20H32N2O4. The van der Waals surface area contributed by atoms with Crippen molar-refractivity contribution in [3.8, 4) is 0 Å². The number of hydrogen-bond acceptors (Lipinski definition) is 4. The van der Waals surface area contributed by atoms with Gasteiger partial charge >= 0.3 is 0 Å². The first kappa shape index (κ1) is 20.5. The summed E-state index contributed by atoms with van der Waals surface area (Å²) in [5.41, 5.74) is 0. The molecule has 2 amide bonds. The Morgan fingerprint density at radius 2 is 2.12 bits per heavy atom. The number of rotatable bonds is 10. The molecule has 1 saturated heterocycles. The van der Waals surface area contributed by atoms with Crippen molar-refractivity contribution in [1.82, 2.24) is 9.80 Å². The molecule has 1 aliphatic rings. The van der Waals surface area contributed by atoms with Crippen LogP contribution in [0.25, 0.3) is 0 Å². The van der Waals surface area contributed by atoms with Gasteiger partial charge in [-0.25, -0.2) is 0 Å². The molecule has 2 atom stereocenters. The highest BCUT2D eigenvalue weighted by atomic mass is 16.5. The van der Waals surface area contributed by atoms with Gasteiger partial charge in [-0.05, 0) is 44.7 Å². The maximum atomic E-state index is 13.0. The summed E-state index contributed by atoms with van der Waals surface area (Å²) in [5.74, 6) is 0.734. The summed E-state index contributed by atoms with van der Waals surface area (Å²) >= 11 is 0. The van der Waals surface area contributed by atoms with Gasteiger partial charge in [-0.15, -0.1) is 0 Å². The Kier molecular flexibility index (Phi) is 8.16. The zero-order valence-electron chi connectivity index (χ0n) is 16.3. The Balaban J connectivity index is 2.07. The molecule has 0 aromatic carbocycles. The van der Waals surface area contributed by atoms with Crippen LogP contribution in [0.1, 0.15) is 58.6 Å². The van der Waals surface area contributed by atoms with E-state index in [9.17, 15) is 9.59 Å². The van der Waals surface area contributed by atoms with E-state index in [4.69, 9.17) is 9.15 Å². The summed E-state index contributed by atoms with van der Waals surface area (Å²) in [4.78, 5) is 29.0. The van der Waals surface area contributed by atoms with Crippen molar-refractivity contribution >= 4 is 11.8 Å². The highest BCUT2D eigenvalue weighted by Gasteiger charge is 2.27. The Labute approximate surface area is 156 Å². The van der Waals surface area contributed by atoms with Crippen LogP contribution in [0, 0.1) is 0 Å². The van der Waals surface area contributed by atoms with E-state index in [1.807, 2.05) is 32.9 Å². The van der Waals surface area contributed by atoms with Gasteiger partial charge in [-0.2, -0.15) is 0 Å². The van der Waals surface area contributed by atoms with Crippen LogP contribution < -0.4 is 0 Å². The summed E-state index contributed by atoms with van der Waals surface area (Å²) < 4.78 is 11.1. The smallest absolute Gasteiger partial charge is 0.242 e. The van der Waals surface area contributed by atoms with Crippen molar-refractivity contribution in [1.29, 1.82) is 0 Å². The first-order valence-electron chi connectivity index (χ1n) is 9.76. The number of carbonyl (C=O) groups is 2. The molecule has 0 aliphatic carbocycles. The fourth-order valence-corrected chi connectivity index (χ4v) is 3.19. The molecule has 1 aliphatic heterocycles. The Morgan fingerprint density at radius 1 is 1.31 bits per heavy atom. The van der Waals surface area contributed by atoms with Crippen LogP contribution in [0.2, 0.25) is 0 Å². The van der Waals surface area contributed by atoms with Crippen LogP contribution in [0.5, 0.6) is 0 Å². The van der Waals surface area contributed by atoms with Gasteiger partial charge in [0, 0.05) is 25.6 Å². The molecule has 1 aromatic heterocycles. The van der Waals surface area contributed by atoms with E-state index in [-0.39, 0.29) is 30.5 Å². The number of carbonyl (C=O) groups excluding carboxylic acids is 2. The lowest BCUT2D eigenvalue weighted by atomic mass is 10.1. The maximum Gasteiger partial charge on any atom is 0.242 e. The minimum absolute atomic E-state index is 0.0465. The highest BCUT2D eigenvalue weighted by Crippen LogP contribution is 2.17. The zero-order chi connectivity index (χ0) is 18.9. The first-order valence-corrected chi connectivity index (χ1v) is 9.76. The zero-order valence-corrected chi connectivity index (χ0v) is 16.3. The lowest BCUT2D eigenvalue weighted by Gasteiger charge is -2.32. The van der Waals surface area contributed by atoms with Gasteiger partial charge in [0.2, 0.25) is 11.8 Å². The van der Waals surface area contributed by atoms with Crippen molar-refractivity contribution in [2.45, 2.75) is 71.6 Å². The fourth-order valence-electron chi connectivity index (χ4n) is 3.19. The maximum absolute atomic E-state index is 13.0. The van der Waals surface area contributed by atoms with Gasteiger partial charge in [0.25, 0.3) is 0 Å². The standard InChI is InChI=1S/C20H32N2O4/c1-4-8-19(23)22(16(3)5-2)15-20(24)21(13-17-9-6-11-25-17)14-18-10-7-12-26-18/h6,9,11,16,18H,4-5,7-8,10,12-15H2,1-3H3/t16-,18-/m0/s1. The van der Waals surface area contributed by atoms with Crippen LogP contribution in [-0.2, 0) is 20.9 Å². The van der Waals surface area contributed by atoms with Gasteiger partial charge in [0.1, 0.15) is 12.3 Å². The fraction of sp³-hybridized carbons (Fsp3) is 0.700. The second-order valence-corrected chi connectivity index (χ2v) is 7.02. The molecule has 0 unspecified atom stereocenters. The van der Waals surface area contributed by atoms with E-state index in [1.54, 1.807) is 16.1 Å². The lowest BCUT2D eigenvalue weighted by Crippen LogP contribution is -2.47. The average molecular weight is 364 g/mol. The average Bonchev–Trinajstić information content (AvgIpc) is 3.32. The van der Waals surface area contributed by atoms with E-state index in [1.165, 1.54) is 0 Å². The summed E-state index contributed by atoms with van der Waals surface area (Å²) in [6.45, 7) is 7.82. The van der Waals surface area contributed by atoms with Gasteiger partial charge in [-0.3, -0.25) is 9.59 Å². The topological polar surface area (TPSA) is 63.0 Å². The Morgan fingerprint density at radius 3 is 2.69 bits per heavy atom. The molecule has 1 fully saturated rings. The Hall–Kier alpha value is -1.82. The molecule has 146 valence electrons. The van der Waals surface area contributed by atoms with Gasteiger partial charge in [0.05, 0.1) is 18.9 Å². The largest absolute Gasteiger partial charge is 0.467 e. The second-order valence-electron chi connectivity index (χ2n) is 7.02. The van der Waals surface area contributed by atoms with E-state index in [2.05, 4.69) is 0 Å². The van der Waals surface area contributed by atoms with E-state index >= 15 is 0 Å². The number of ether oxygens (including phenoxy) is 1. The number of amides is 2. The van der Waals surface area contributed by atoms with Crippen LogP contribution in [0.15, 0.2) is 22.8 Å². The summed E-state index contributed by atoms with van der Waals surface area (Å²) in [6, 6.07) is 3.73. The van der Waals surface area contributed by atoms with E-state index in [0.29, 0.717) is 19.5 Å². The van der Waals surface area contributed by atoms with E-state index in [0.717, 1.165) is 38.1 Å². The SMILES string of the molecule is CCCC(=O)N(CC(=O)N(Cc1ccco1)C[C@@H]1CCCO1)[C@@H](C)CC. The minimum Gasteiger partial charge on any atom is -0.467 e. The molecule has 0 bridgehead atoms. The van der Waals surface area contributed by atoms with Gasteiger partial charge in [0.15, 0.2) is 0 Å². The van der Waals surface area contributed by atoms with Gasteiger partial charge < -0.3 is 19.0 Å². The highest BCUT2D eigenvalue weighted by molar-refractivity contribution is 5.85. The summed E-state index contributed by atoms with van der Waals surface area (Å²) in [7, 11) is 0. The predicted octanol–water partition coefficient (Wildman–Crippen LogP) is 3.21. The van der Waals surface area contributed by atoms with Crippen molar-refractivity contribution in [3.63, 3.8) is 0 Å². The normalized spacial score (nSPS) is 17.9. The first-order chi connectivity index (χ1) is 12.5. The van der Waals surface area contributed by atoms with E-state index < -0.39 is 0 Å². The minimum atomic E-state index is -0.0540. The van der Waals surface area contributed by atoms with Crippen molar-refractivity contribution in [2.24, 2.45) is 0 Å². The van der Waals surface area contributed by atoms with Gasteiger partial charge in [-0.1, -0.05) is 13.8 Å². The second kappa shape index (κ2) is 10.4. The van der Waals surface area contributed by atoms with Crippen molar-refractivity contribution in [3.05, 3.63) is 24.2 Å². The quantitative estimate of drug-likeness (QED) is 0.639. The predicted molar refractivity (Wildman–Crippen MR) is 99.5 cm³/mol. The number of furan rings is 1. The van der Waals surface area contributed by atoms with Crippen LogP contribution in [0.3, 0.4) is 0 Å². The van der Waals surface area contributed by atoms with Crippen LogP contribution in [0.4, 0.5) is 0 Å². The molecule has 6 heteroatoms. The molecule has 0 spiro atoms. The molecule has 6 nitrogen and oxygen atoms in total. The number of nitrogens with zero attached hydrogens (tertiary/aromatic N) is 2. The Bertz CT molecular complexity index is 552. The summed E-state index contributed by atoms with van der Waals surface area (Å²) in [6.07, 6.45) is 5.76.